The summed E-state index contributed by atoms with van der Waals surface area (Å²) in [6.45, 7) is 9.20. The molecule has 6 nitrogen and oxygen atoms in total. The van der Waals surface area contributed by atoms with Crippen LogP contribution in [0, 0.1) is 17.3 Å². The first-order valence-electron chi connectivity index (χ1n) is 8.99. The molecule has 1 amide bonds. The summed E-state index contributed by atoms with van der Waals surface area (Å²) < 4.78 is 10.9. The molecule has 0 aromatic heterocycles. The number of rotatable bonds is 7. The van der Waals surface area contributed by atoms with Gasteiger partial charge in [0.1, 0.15) is 0 Å². The van der Waals surface area contributed by atoms with Crippen LogP contribution in [0.1, 0.15) is 26.2 Å². The lowest BCUT2D eigenvalue weighted by Crippen LogP contribution is -2.66. The molecule has 0 aromatic carbocycles. The minimum Gasteiger partial charge on any atom is -0.380 e. The molecule has 3 atom stereocenters. The van der Waals surface area contributed by atoms with Crippen molar-refractivity contribution in [3.63, 3.8) is 0 Å². The van der Waals surface area contributed by atoms with Gasteiger partial charge in [0.25, 0.3) is 0 Å². The lowest BCUT2D eigenvalue weighted by atomic mass is 9.78. The van der Waals surface area contributed by atoms with Gasteiger partial charge in [-0.25, -0.2) is 0 Å². The molecule has 3 N–H and O–H groups in total. The molecule has 0 bridgehead atoms. The SMILES string of the molecule is CC1CC(N)CCC1C(=O)NCCOCCN1CC2(COC2)C1. The molecular weight excluding hydrogens is 294 g/mol. The van der Waals surface area contributed by atoms with Gasteiger partial charge in [0, 0.05) is 43.6 Å². The van der Waals surface area contributed by atoms with Crippen molar-refractivity contribution < 1.29 is 14.3 Å². The first-order valence-corrected chi connectivity index (χ1v) is 8.99. The van der Waals surface area contributed by atoms with E-state index in [0.29, 0.717) is 24.5 Å². The van der Waals surface area contributed by atoms with Gasteiger partial charge < -0.3 is 20.5 Å². The van der Waals surface area contributed by atoms with Crippen LogP contribution in [0.2, 0.25) is 0 Å². The van der Waals surface area contributed by atoms with Gasteiger partial charge in [0.05, 0.1) is 26.4 Å². The number of carbonyl (C=O) groups is 1. The number of ether oxygens (including phenoxy) is 2. The second-order valence-corrected chi connectivity index (χ2v) is 7.76. The van der Waals surface area contributed by atoms with Crippen LogP contribution in [-0.4, -0.2) is 69.5 Å². The fraction of sp³-hybridized carbons (Fsp3) is 0.941. The number of nitrogens with one attached hydrogen (secondary N) is 1. The predicted molar refractivity (Wildman–Crippen MR) is 88.0 cm³/mol. The molecule has 1 aliphatic carbocycles. The van der Waals surface area contributed by atoms with Gasteiger partial charge in [-0.2, -0.15) is 0 Å². The van der Waals surface area contributed by atoms with Crippen LogP contribution < -0.4 is 11.1 Å². The van der Waals surface area contributed by atoms with Crippen LogP contribution in [-0.2, 0) is 14.3 Å². The highest BCUT2D eigenvalue weighted by atomic mass is 16.5. The average molecular weight is 325 g/mol. The van der Waals surface area contributed by atoms with Crippen molar-refractivity contribution in [1.82, 2.24) is 10.2 Å². The van der Waals surface area contributed by atoms with E-state index in [9.17, 15) is 4.79 Å². The average Bonchev–Trinajstić information content (AvgIpc) is 2.42. The van der Waals surface area contributed by atoms with Crippen LogP contribution in [0.5, 0.6) is 0 Å². The van der Waals surface area contributed by atoms with Crippen LogP contribution in [0.4, 0.5) is 0 Å². The van der Waals surface area contributed by atoms with Gasteiger partial charge >= 0.3 is 0 Å². The molecule has 3 rings (SSSR count). The number of carbonyl (C=O) groups excluding carboxylic acids is 1. The van der Waals surface area contributed by atoms with Gasteiger partial charge in [0.2, 0.25) is 5.91 Å². The molecule has 2 heterocycles. The smallest absolute Gasteiger partial charge is 0.223 e. The van der Waals surface area contributed by atoms with E-state index >= 15 is 0 Å². The third-order valence-corrected chi connectivity index (χ3v) is 5.58. The largest absolute Gasteiger partial charge is 0.380 e. The first-order chi connectivity index (χ1) is 11.1. The third kappa shape index (κ3) is 4.24. The van der Waals surface area contributed by atoms with Crippen molar-refractivity contribution >= 4 is 5.91 Å². The Kier molecular flexibility index (Phi) is 5.57. The minimum atomic E-state index is 0.122. The summed E-state index contributed by atoms with van der Waals surface area (Å²) in [5, 5.41) is 3.01. The Bertz CT molecular complexity index is 406. The van der Waals surface area contributed by atoms with E-state index in [0.717, 1.165) is 58.7 Å². The van der Waals surface area contributed by atoms with Crippen LogP contribution in [0.15, 0.2) is 0 Å². The monoisotopic (exact) mass is 325 g/mol. The third-order valence-electron chi connectivity index (χ3n) is 5.58. The van der Waals surface area contributed by atoms with E-state index in [1.807, 2.05) is 0 Å². The maximum absolute atomic E-state index is 12.2. The van der Waals surface area contributed by atoms with Gasteiger partial charge in [-0.15, -0.1) is 0 Å². The maximum Gasteiger partial charge on any atom is 0.223 e. The minimum absolute atomic E-state index is 0.122. The Balaban J connectivity index is 1.19. The van der Waals surface area contributed by atoms with Gasteiger partial charge in [-0.05, 0) is 25.2 Å². The standard InChI is InChI=1S/C17H31N3O3/c1-13-8-14(18)2-3-15(13)16(21)19-4-6-22-7-5-20-9-17(10-20)11-23-12-17/h13-15H,2-12,18H2,1H3,(H,19,21). The predicted octanol–water partition coefficient (Wildman–Crippen LogP) is 0.215. The van der Waals surface area contributed by atoms with E-state index in [1.165, 1.54) is 0 Å². The van der Waals surface area contributed by atoms with Crippen molar-refractivity contribution in [2.24, 2.45) is 23.0 Å². The van der Waals surface area contributed by atoms with E-state index in [1.54, 1.807) is 0 Å². The van der Waals surface area contributed by atoms with E-state index in [2.05, 4.69) is 17.1 Å². The highest BCUT2D eigenvalue weighted by Crippen LogP contribution is 2.37. The zero-order chi connectivity index (χ0) is 16.3. The Labute approximate surface area is 139 Å². The quantitative estimate of drug-likeness (QED) is 0.655. The van der Waals surface area contributed by atoms with Crippen molar-refractivity contribution in [3.8, 4) is 0 Å². The number of nitrogens with zero attached hydrogens (tertiary/aromatic N) is 1. The van der Waals surface area contributed by atoms with Crippen LogP contribution in [0.25, 0.3) is 0 Å². The van der Waals surface area contributed by atoms with Crippen molar-refractivity contribution in [1.29, 1.82) is 0 Å². The lowest BCUT2D eigenvalue weighted by molar-refractivity contribution is -0.190. The van der Waals surface area contributed by atoms with Crippen LogP contribution in [0.3, 0.4) is 0 Å². The summed E-state index contributed by atoms with van der Waals surface area (Å²) in [6.07, 6.45) is 2.83. The molecular formula is C17H31N3O3. The number of hydrogen-bond donors (Lipinski definition) is 2. The molecule has 1 saturated carbocycles. The number of hydrogen-bond acceptors (Lipinski definition) is 5. The molecule has 23 heavy (non-hydrogen) atoms. The Hall–Kier alpha value is -0.690. The summed E-state index contributed by atoms with van der Waals surface area (Å²) in [5.74, 6) is 0.674. The topological polar surface area (TPSA) is 76.8 Å². The zero-order valence-electron chi connectivity index (χ0n) is 14.3. The summed E-state index contributed by atoms with van der Waals surface area (Å²) in [6, 6.07) is 0.268. The van der Waals surface area contributed by atoms with E-state index in [4.69, 9.17) is 15.2 Å². The van der Waals surface area contributed by atoms with Crippen molar-refractivity contribution in [2.75, 3.05) is 52.6 Å². The second kappa shape index (κ2) is 7.47. The fourth-order valence-corrected chi connectivity index (χ4v) is 4.13. The summed E-state index contributed by atoms with van der Waals surface area (Å²) in [4.78, 5) is 14.6. The van der Waals surface area contributed by atoms with E-state index in [-0.39, 0.29) is 17.9 Å². The van der Waals surface area contributed by atoms with Crippen molar-refractivity contribution in [2.45, 2.75) is 32.2 Å². The number of nitrogens with two attached hydrogens (primary N) is 1. The molecule has 6 heteroatoms. The summed E-state index contributed by atoms with van der Waals surface area (Å²) in [7, 11) is 0. The molecule has 3 fully saturated rings. The van der Waals surface area contributed by atoms with Crippen molar-refractivity contribution in [3.05, 3.63) is 0 Å². The first kappa shape index (κ1) is 17.1. The van der Waals surface area contributed by atoms with Gasteiger partial charge in [0.15, 0.2) is 0 Å². The molecule has 2 aliphatic heterocycles. The second-order valence-electron chi connectivity index (χ2n) is 7.76. The molecule has 0 aromatic rings. The molecule has 3 unspecified atom stereocenters. The normalized spacial score (nSPS) is 33.0. The fourth-order valence-electron chi connectivity index (χ4n) is 4.13. The molecule has 3 aliphatic rings. The van der Waals surface area contributed by atoms with Gasteiger partial charge in [-0.1, -0.05) is 6.92 Å². The van der Waals surface area contributed by atoms with E-state index < -0.39 is 0 Å². The highest BCUT2D eigenvalue weighted by Gasteiger charge is 2.48. The molecule has 2 saturated heterocycles. The number of likely N-dealkylation sites (tertiary alicyclic amines) is 1. The number of amides is 1. The molecule has 1 spiro atoms. The Morgan fingerprint density at radius 1 is 1.35 bits per heavy atom. The Morgan fingerprint density at radius 2 is 2.13 bits per heavy atom. The Morgan fingerprint density at radius 3 is 2.78 bits per heavy atom. The van der Waals surface area contributed by atoms with Crippen LogP contribution >= 0.6 is 0 Å². The highest BCUT2D eigenvalue weighted by molar-refractivity contribution is 5.79. The lowest BCUT2D eigenvalue weighted by Gasteiger charge is -2.55. The summed E-state index contributed by atoms with van der Waals surface area (Å²) >= 11 is 0. The molecule has 0 radical (unpaired) electrons. The summed E-state index contributed by atoms with van der Waals surface area (Å²) in [5.41, 5.74) is 6.43. The zero-order valence-corrected chi connectivity index (χ0v) is 14.3. The maximum atomic E-state index is 12.2. The van der Waals surface area contributed by atoms with Gasteiger partial charge in [-0.3, -0.25) is 9.69 Å². The molecule has 132 valence electrons.